The van der Waals surface area contributed by atoms with E-state index in [4.69, 9.17) is 0 Å². The van der Waals surface area contributed by atoms with Crippen LogP contribution in [0, 0.1) is 10.1 Å². The SMILES string of the molecule is O=C1CCCc2c1cccc2-c1ccccc1[N+](=O)[O-]. The number of para-hydroxylation sites is 1. The molecule has 0 atom stereocenters. The molecule has 0 heterocycles. The van der Waals surface area contributed by atoms with E-state index in [2.05, 4.69) is 0 Å². The van der Waals surface area contributed by atoms with Crippen LogP contribution in [0.5, 0.6) is 0 Å². The number of ketones is 1. The molecule has 100 valence electrons. The molecular weight excluding hydrogens is 254 g/mol. The average molecular weight is 267 g/mol. The molecule has 1 aliphatic carbocycles. The van der Waals surface area contributed by atoms with E-state index < -0.39 is 0 Å². The van der Waals surface area contributed by atoms with Gasteiger partial charge in [0.05, 0.1) is 10.5 Å². The summed E-state index contributed by atoms with van der Waals surface area (Å²) >= 11 is 0. The van der Waals surface area contributed by atoms with Crippen molar-refractivity contribution in [1.29, 1.82) is 0 Å². The maximum absolute atomic E-state index is 12.0. The molecule has 20 heavy (non-hydrogen) atoms. The fourth-order valence-electron chi connectivity index (χ4n) is 2.79. The molecule has 4 heteroatoms. The van der Waals surface area contributed by atoms with E-state index in [1.165, 1.54) is 6.07 Å². The molecule has 0 saturated heterocycles. The van der Waals surface area contributed by atoms with Crippen LogP contribution in [0.4, 0.5) is 5.69 Å². The van der Waals surface area contributed by atoms with Crippen molar-refractivity contribution in [3.8, 4) is 11.1 Å². The lowest BCUT2D eigenvalue weighted by Crippen LogP contribution is -2.11. The van der Waals surface area contributed by atoms with Gasteiger partial charge < -0.3 is 0 Å². The number of nitrogens with zero attached hydrogens (tertiary/aromatic N) is 1. The Morgan fingerprint density at radius 2 is 1.60 bits per heavy atom. The van der Waals surface area contributed by atoms with Gasteiger partial charge in [-0.3, -0.25) is 14.9 Å². The fourth-order valence-corrected chi connectivity index (χ4v) is 2.79. The quantitative estimate of drug-likeness (QED) is 0.614. The van der Waals surface area contributed by atoms with Crippen LogP contribution in [0.15, 0.2) is 42.5 Å². The Labute approximate surface area is 116 Å². The van der Waals surface area contributed by atoms with E-state index in [0.717, 1.165) is 24.0 Å². The van der Waals surface area contributed by atoms with E-state index in [0.29, 0.717) is 17.5 Å². The molecule has 0 aliphatic heterocycles. The van der Waals surface area contributed by atoms with E-state index in [1.807, 2.05) is 12.1 Å². The first-order valence-electron chi connectivity index (χ1n) is 6.57. The van der Waals surface area contributed by atoms with Crippen LogP contribution in [0.25, 0.3) is 11.1 Å². The standard InChI is InChI=1S/C16H13NO3/c18-16-10-4-7-12-11(6-3-8-14(12)16)13-5-1-2-9-15(13)17(19)20/h1-3,5-6,8-9H,4,7,10H2. The molecule has 0 saturated carbocycles. The Bertz CT molecular complexity index is 707. The molecule has 2 aromatic carbocycles. The zero-order chi connectivity index (χ0) is 14.1. The van der Waals surface area contributed by atoms with Crippen LogP contribution in [0.2, 0.25) is 0 Å². The van der Waals surface area contributed by atoms with Gasteiger partial charge >= 0.3 is 0 Å². The predicted molar refractivity (Wildman–Crippen MR) is 75.8 cm³/mol. The number of carbonyl (C=O) groups is 1. The van der Waals surface area contributed by atoms with E-state index in [9.17, 15) is 14.9 Å². The second kappa shape index (κ2) is 4.89. The Balaban J connectivity index is 2.24. The van der Waals surface area contributed by atoms with Gasteiger partial charge in [-0.25, -0.2) is 0 Å². The smallest absolute Gasteiger partial charge is 0.277 e. The predicted octanol–water partition coefficient (Wildman–Crippen LogP) is 3.78. The number of hydrogen-bond acceptors (Lipinski definition) is 3. The summed E-state index contributed by atoms with van der Waals surface area (Å²) < 4.78 is 0. The monoisotopic (exact) mass is 267 g/mol. The van der Waals surface area contributed by atoms with Crippen molar-refractivity contribution in [3.63, 3.8) is 0 Å². The van der Waals surface area contributed by atoms with Crippen LogP contribution < -0.4 is 0 Å². The van der Waals surface area contributed by atoms with Crippen LogP contribution in [0.3, 0.4) is 0 Å². The van der Waals surface area contributed by atoms with Crippen LogP contribution in [-0.4, -0.2) is 10.7 Å². The highest BCUT2D eigenvalue weighted by atomic mass is 16.6. The molecule has 0 unspecified atom stereocenters. The Morgan fingerprint density at radius 1 is 0.900 bits per heavy atom. The van der Waals surface area contributed by atoms with Crippen molar-refractivity contribution in [1.82, 2.24) is 0 Å². The highest BCUT2D eigenvalue weighted by molar-refractivity contribution is 6.00. The normalized spacial score (nSPS) is 13.9. The molecule has 0 N–H and O–H groups in total. The van der Waals surface area contributed by atoms with Gasteiger partial charge in [0, 0.05) is 18.1 Å². The third kappa shape index (κ3) is 1.99. The number of carbonyl (C=O) groups excluding carboxylic acids is 1. The van der Waals surface area contributed by atoms with Gasteiger partial charge in [0.25, 0.3) is 5.69 Å². The van der Waals surface area contributed by atoms with Crippen LogP contribution in [-0.2, 0) is 6.42 Å². The van der Waals surface area contributed by atoms with Crippen LogP contribution in [0.1, 0.15) is 28.8 Å². The molecule has 2 aromatic rings. The van der Waals surface area contributed by atoms with Gasteiger partial charge in [-0.2, -0.15) is 0 Å². The number of nitro groups is 1. The first kappa shape index (κ1) is 12.5. The van der Waals surface area contributed by atoms with Gasteiger partial charge in [-0.15, -0.1) is 0 Å². The van der Waals surface area contributed by atoms with Crippen molar-refractivity contribution in [2.45, 2.75) is 19.3 Å². The molecule has 0 bridgehead atoms. The fraction of sp³-hybridized carbons (Fsp3) is 0.188. The summed E-state index contributed by atoms with van der Waals surface area (Å²) in [6, 6.07) is 12.2. The number of fused-ring (bicyclic) bond motifs is 1. The summed E-state index contributed by atoms with van der Waals surface area (Å²) in [6.45, 7) is 0. The maximum Gasteiger partial charge on any atom is 0.277 e. The largest absolute Gasteiger partial charge is 0.294 e. The molecule has 0 amide bonds. The summed E-state index contributed by atoms with van der Waals surface area (Å²) in [4.78, 5) is 22.7. The summed E-state index contributed by atoms with van der Waals surface area (Å²) in [5.74, 6) is 0.131. The maximum atomic E-state index is 12.0. The Kier molecular flexibility index (Phi) is 3.06. The lowest BCUT2D eigenvalue weighted by molar-refractivity contribution is -0.384. The third-order valence-electron chi connectivity index (χ3n) is 3.70. The molecule has 0 aromatic heterocycles. The minimum absolute atomic E-state index is 0.0823. The summed E-state index contributed by atoms with van der Waals surface area (Å²) in [5, 5.41) is 11.2. The van der Waals surface area contributed by atoms with E-state index in [-0.39, 0.29) is 16.4 Å². The third-order valence-corrected chi connectivity index (χ3v) is 3.70. The van der Waals surface area contributed by atoms with E-state index >= 15 is 0 Å². The minimum atomic E-state index is -0.376. The molecule has 0 radical (unpaired) electrons. The zero-order valence-corrected chi connectivity index (χ0v) is 10.8. The molecule has 0 fully saturated rings. The lowest BCUT2D eigenvalue weighted by atomic mass is 9.85. The summed E-state index contributed by atoms with van der Waals surface area (Å²) in [6.07, 6.45) is 2.17. The van der Waals surface area contributed by atoms with Crippen molar-refractivity contribution in [2.24, 2.45) is 0 Å². The van der Waals surface area contributed by atoms with Crippen molar-refractivity contribution in [3.05, 3.63) is 63.7 Å². The first-order chi connectivity index (χ1) is 9.68. The second-order valence-electron chi connectivity index (χ2n) is 4.88. The number of rotatable bonds is 2. The molecular formula is C16H13NO3. The molecule has 4 nitrogen and oxygen atoms in total. The number of benzene rings is 2. The van der Waals surface area contributed by atoms with Gasteiger partial charge in [-0.05, 0) is 30.0 Å². The molecule has 3 rings (SSSR count). The zero-order valence-electron chi connectivity index (χ0n) is 10.8. The minimum Gasteiger partial charge on any atom is -0.294 e. The number of hydrogen-bond donors (Lipinski definition) is 0. The van der Waals surface area contributed by atoms with Gasteiger partial charge in [0.1, 0.15) is 0 Å². The average Bonchev–Trinajstić information content (AvgIpc) is 2.47. The number of nitro benzene ring substituents is 1. The topological polar surface area (TPSA) is 60.2 Å². The van der Waals surface area contributed by atoms with E-state index in [1.54, 1.807) is 24.3 Å². The van der Waals surface area contributed by atoms with Gasteiger partial charge in [0.2, 0.25) is 0 Å². The van der Waals surface area contributed by atoms with Gasteiger partial charge in [-0.1, -0.05) is 30.3 Å². The number of Topliss-reactive ketones (excluding diaryl/α,β-unsaturated/α-hetero) is 1. The van der Waals surface area contributed by atoms with Crippen molar-refractivity contribution < 1.29 is 9.72 Å². The Hall–Kier alpha value is -2.49. The highest BCUT2D eigenvalue weighted by Crippen LogP contribution is 2.36. The highest BCUT2D eigenvalue weighted by Gasteiger charge is 2.23. The Morgan fingerprint density at radius 3 is 2.40 bits per heavy atom. The van der Waals surface area contributed by atoms with Gasteiger partial charge in [0.15, 0.2) is 5.78 Å². The first-order valence-corrected chi connectivity index (χ1v) is 6.57. The summed E-state index contributed by atoms with van der Waals surface area (Å²) in [7, 11) is 0. The summed E-state index contributed by atoms with van der Waals surface area (Å²) in [5.41, 5.74) is 3.13. The van der Waals surface area contributed by atoms with Crippen LogP contribution >= 0.6 is 0 Å². The van der Waals surface area contributed by atoms with Crippen molar-refractivity contribution in [2.75, 3.05) is 0 Å². The second-order valence-corrected chi connectivity index (χ2v) is 4.88. The molecule has 0 spiro atoms. The van der Waals surface area contributed by atoms with Crippen molar-refractivity contribution >= 4 is 11.5 Å². The lowest BCUT2D eigenvalue weighted by Gasteiger charge is -2.18. The molecule has 1 aliphatic rings.